The van der Waals surface area contributed by atoms with Gasteiger partial charge >= 0.3 is 18.0 Å². The van der Waals surface area contributed by atoms with Crippen molar-refractivity contribution in [2.45, 2.75) is 18.0 Å². The highest BCUT2D eigenvalue weighted by Gasteiger charge is 2.73. The number of carbonyl (C=O) groups is 1. The van der Waals surface area contributed by atoms with Gasteiger partial charge in [0.25, 0.3) is 5.91 Å². The lowest BCUT2D eigenvalue weighted by molar-refractivity contribution is -0.348. The van der Waals surface area contributed by atoms with E-state index in [0.29, 0.717) is 17.8 Å². The van der Waals surface area contributed by atoms with Crippen molar-refractivity contribution in [1.29, 1.82) is 0 Å². The summed E-state index contributed by atoms with van der Waals surface area (Å²) in [5, 5.41) is 0.186. The van der Waals surface area contributed by atoms with Gasteiger partial charge in [-0.3, -0.25) is 4.79 Å². The number of alkyl halides is 7. The van der Waals surface area contributed by atoms with E-state index in [2.05, 4.69) is 9.97 Å². The second-order valence-corrected chi connectivity index (χ2v) is 8.36. The number of ether oxygens (including phenoxy) is 1. The molecular formula is C24H15ClF7N3O3. The molecule has 0 atom stereocenters. The quantitative estimate of drug-likeness (QED) is 0.192. The first-order chi connectivity index (χ1) is 17.7. The number of amides is 1. The number of anilines is 1. The highest BCUT2D eigenvalue weighted by molar-refractivity contribution is 6.29. The van der Waals surface area contributed by atoms with Crippen LogP contribution in [-0.4, -0.2) is 42.4 Å². The van der Waals surface area contributed by atoms with Gasteiger partial charge in [-0.25, -0.2) is 14.4 Å². The monoisotopic (exact) mass is 561 g/mol. The molecule has 2 aromatic carbocycles. The van der Waals surface area contributed by atoms with Gasteiger partial charge in [-0.05, 0) is 42.5 Å². The van der Waals surface area contributed by atoms with Crippen LogP contribution in [0.2, 0.25) is 5.15 Å². The Morgan fingerprint density at radius 3 is 2.24 bits per heavy atom. The molecule has 0 saturated carbocycles. The predicted molar refractivity (Wildman–Crippen MR) is 123 cm³/mol. The minimum absolute atomic E-state index is 0.120. The van der Waals surface area contributed by atoms with Crippen molar-refractivity contribution in [3.8, 4) is 17.2 Å². The van der Waals surface area contributed by atoms with Crippen molar-refractivity contribution < 1.29 is 44.7 Å². The van der Waals surface area contributed by atoms with Crippen LogP contribution in [0.25, 0.3) is 22.6 Å². The number of aromatic nitrogens is 2. The van der Waals surface area contributed by atoms with Gasteiger partial charge in [-0.15, -0.1) is 0 Å². The first kappa shape index (κ1) is 27.2. The van der Waals surface area contributed by atoms with Crippen LogP contribution in [0, 0.1) is 0 Å². The summed E-state index contributed by atoms with van der Waals surface area (Å²) in [7, 11) is 2.76. The molecule has 200 valence electrons. The molecule has 1 amide bonds. The van der Waals surface area contributed by atoms with Gasteiger partial charge in [0.2, 0.25) is 5.89 Å². The van der Waals surface area contributed by atoms with Crippen molar-refractivity contribution in [3.05, 3.63) is 71.0 Å². The molecular weight excluding hydrogens is 547 g/mol. The summed E-state index contributed by atoms with van der Waals surface area (Å²) in [5.41, 5.74) is -7.37. The number of fused-ring (bicyclic) bond motifs is 1. The fourth-order valence-electron chi connectivity index (χ4n) is 3.63. The second kappa shape index (κ2) is 9.46. The van der Waals surface area contributed by atoms with Crippen LogP contribution in [0.5, 0.6) is 5.75 Å². The number of pyridine rings is 1. The van der Waals surface area contributed by atoms with Crippen molar-refractivity contribution >= 4 is 34.3 Å². The van der Waals surface area contributed by atoms with Crippen LogP contribution in [0.15, 0.2) is 59.1 Å². The molecule has 0 aliphatic carbocycles. The topological polar surface area (TPSA) is 68.5 Å². The van der Waals surface area contributed by atoms with Crippen molar-refractivity contribution in [2.24, 2.45) is 0 Å². The molecule has 0 aliphatic rings. The van der Waals surface area contributed by atoms with Crippen LogP contribution in [0.1, 0.15) is 15.9 Å². The third-order valence-corrected chi connectivity index (χ3v) is 5.87. The predicted octanol–water partition coefficient (Wildman–Crippen LogP) is 7.12. The van der Waals surface area contributed by atoms with E-state index in [9.17, 15) is 35.5 Å². The molecule has 2 aromatic heterocycles. The van der Waals surface area contributed by atoms with Crippen LogP contribution >= 0.6 is 11.6 Å². The molecule has 0 saturated heterocycles. The Labute approximate surface area is 214 Å². The average molecular weight is 562 g/mol. The van der Waals surface area contributed by atoms with E-state index in [1.165, 1.54) is 55.6 Å². The smallest absolute Gasteiger partial charge is 0.435 e. The lowest BCUT2D eigenvalue weighted by Crippen LogP contribution is -2.50. The van der Waals surface area contributed by atoms with Gasteiger partial charge < -0.3 is 14.1 Å². The Bertz CT molecular complexity index is 1490. The molecule has 4 aromatic rings. The van der Waals surface area contributed by atoms with Gasteiger partial charge in [0.05, 0.1) is 18.2 Å². The fourth-order valence-corrected chi connectivity index (χ4v) is 3.74. The number of hydrogen-bond donors (Lipinski definition) is 0. The fraction of sp³-hybridized carbons (Fsp3) is 0.208. The van der Waals surface area contributed by atoms with E-state index in [0.717, 1.165) is 6.07 Å². The SMILES string of the molecule is COc1ccc(N(C)C(=O)c2ccc(Cl)nc2)cc1-c1nc2ccc(C(F)(C(F)(F)F)C(F)(F)F)cc2o1. The Hall–Kier alpha value is -3.87. The Kier molecular flexibility index (Phi) is 6.76. The zero-order valence-corrected chi connectivity index (χ0v) is 20.0. The average Bonchev–Trinajstić information content (AvgIpc) is 3.29. The van der Waals surface area contributed by atoms with Crippen LogP contribution in [0.4, 0.5) is 36.4 Å². The van der Waals surface area contributed by atoms with Gasteiger partial charge in [-0.1, -0.05) is 17.7 Å². The molecule has 0 spiro atoms. The molecule has 4 rings (SSSR count). The van der Waals surface area contributed by atoms with E-state index in [1.807, 2.05) is 0 Å². The molecule has 6 nitrogen and oxygen atoms in total. The Morgan fingerprint density at radius 2 is 1.66 bits per heavy atom. The maximum Gasteiger partial charge on any atom is 0.435 e. The summed E-state index contributed by atoms with van der Waals surface area (Å²) >= 11 is 5.75. The molecule has 0 N–H and O–H groups in total. The van der Waals surface area contributed by atoms with E-state index in [1.54, 1.807) is 0 Å². The standard InChI is InChI=1S/C24H15ClF7N3O3/c1-35(21(36)12-3-8-19(25)33-11-12)14-5-7-17(37-2)15(10-14)20-34-16-6-4-13(9-18(16)38-20)22(26,23(27,28)29)24(30,31)32/h3-11H,1-2H3. The Balaban J connectivity index is 1.77. The summed E-state index contributed by atoms with van der Waals surface area (Å²) in [6.07, 6.45) is -11.3. The number of carbonyl (C=O) groups excluding carboxylic acids is 1. The van der Waals surface area contributed by atoms with Crippen LogP contribution in [0.3, 0.4) is 0 Å². The summed E-state index contributed by atoms with van der Waals surface area (Å²) in [6.45, 7) is 0. The molecule has 0 fully saturated rings. The first-order valence-corrected chi connectivity index (χ1v) is 10.9. The lowest BCUT2D eigenvalue weighted by atomic mass is 9.94. The highest BCUT2D eigenvalue weighted by Crippen LogP contribution is 2.53. The van der Waals surface area contributed by atoms with E-state index < -0.39 is 35.1 Å². The molecule has 2 heterocycles. The summed E-state index contributed by atoms with van der Waals surface area (Å²) in [5.74, 6) is -0.556. The largest absolute Gasteiger partial charge is 0.496 e. The van der Waals surface area contributed by atoms with Crippen LogP contribution in [-0.2, 0) is 5.67 Å². The van der Waals surface area contributed by atoms with E-state index in [-0.39, 0.29) is 33.4 Å². The summed E-state index contributed by atoms with van der Waals surface area (Å²) in [6, 6.07) is 8.70. The van der Waals surface area contributed by atoms with E-state index >= 15 is 0 Å². The molecule has 38 heavy (non-hydrogen) atoms. The lowest BCUT2D eigenvalue weighted by Gasteiger charge is -2.30. The number of rotatable bonds is 5. The van der Waals surface area contributed by atoms with Crippen LogP contribution < -0.4 is 9.64 Å². The summed E-state index contributed by atoms with van der Waals surface area (Å²) in [4.78, 5) is 22.0. The minimum Gasteiger partial charge on any atom is -0.496 e. The number of nitrogens with zero attached hydrogens (tertiary/aromatic N) is 3. The third kappa shape index (κ3) is 4.62. The van der Waals surface area contributed by atoms with Crippen molar-refractivity contribution in [1.82, 2.24) is 9.97 Å². The first-order valence-electron chi connectivity index (χ1n) is 10.5. The maximum absolute atomic E-state index is 14.5. The number of hydrogen-bond acceptors (Lipinski definition) is 5. The minimum atomic E-state index is -6.28. The highest BCUT2D eigenvalue weighted by atomic mass is 35.5. The molecule has 0 bridgehead atoms. The third-order valence-electron chi connectivity index (χ3n) is 5.65. The molecule has 0 aliphatic heterocycles. The van der Waals surface area contributed by atoms with Gasteiger partial charge in [0, 0.05) is 24.5 Å². The number of methoxy groups -OCH3 is 1. The normalized spacial score (nSPS) is 12.6. The zero-order valence-electron chi connectivity index (χ0n) is 19.3. The maximum atomic E-state index is 14.5. The van der Waals surface area contributed by atoms with Gasteiger partial charge in [0.1, 0.15) is 16.4 Å². The number of benzene rings is 2. The van der Waals surface area contributed by atoms with Crippen molar-refractivity contribution in [3.63, 3.8) is 0 Å². The van der Waals surface area contributed by atoms with Gasteiger partial charge in [0.15, 0.2) is 5.58 Å². The van der Waals surface area contributed by atoms with Gasteiger partial charge in [-0.2, -0.15) is 26.3 Å². The van der Waals surface area contributed by atoms with Crippen molar-refractivity contribution in [2.75, 3.05) is 19.1 Å². The number of halogens is 8. The molecule has 0 unspecified atom stereocenters. The molecule has 0 radical (unpaired) electrons. The molecule has 14 heteroatoms. The Morgan fingerprint density at radius 1 is 0.974 bits per heavy atom. The summed E-state index contributed by atoms with van der Waals surface area (Å²) < 4.78 is 104. The number of oxazole rings is 1. The van der Waals surface area contributed by atoms with E-state index in [4.69, 9.17) is 20.8 Å². The zero-order chi connectivity index (χ0) is 28.0. The second-order valence-electron chi connectivity index (χ2n) is 7.97.